The molecule has 1 aromatic heterocycles. The first-order valence-corrected chi connectivity index (χ1v) is 8.78. The number of methoxy groups -OCH3 is 1. The minimum absolute atomic E-state index is 0.601. The Balaban J connectivity index is 1.68. The van der Waals surface area contributed by atoms with Crippen molar-refractivity contribution in [2.24, 2.45) is 0 Å². The summed E-state index contributed by atoms with van der Waals surface area (Å²) in [6.45, 7) is 0.844. The zero-order valence-corrected chi connectivity index (χ0v) is 14.6. The Morgan fingerprint density at radius 2 is 1.71 bits per heavy atom. The number of ether oxygens (including phenoxy) is 1. The summed E-state index contributed by atoms with van der Waals surface area (Å²) in [5.41, 5.74) is 3.60. The fourth-order valence-electron chi connectivity index (χ4n) is 3.48. The van der Waals surface area contributed by atoms with Crippen molar-refractivity contribution in [3.8, 4) is 16.9 Å². The minimum Gasteiger partial charge on any atom is -0.496 e. The Morgan fingerprint density at radius 3 is 2.38 bits per heavy atom. The number of hydrogen-bond acceptors (Lipinski definition) is 4. The lowest BCUT2D eigenvalue weighted by atomic mass is 9.91. The Kier molecular flexibility index (Phi) is 5.83. The molecule has 0 aliphatic heterocycles. The van der Waals surface area contributed by atoms with E-state index >= 15 is 0 Å². The van der Waals surface area contributed by atoms with Crippen LogP contribution in [-0.4, -0.2) is 31.2 Å². The predicted octanol–water partition coefficient (Wildman–Crippen LogP) is 3.38. The van der Waals surface area contributed by atoms with Crippen molar-refractivity contribution < 1.29 is 4.74 Å². The van der Waals surface area contributed by atoms with E-state index in [0.717, 1.165) is 12.3 Å². The molecular weight excluding hydrogens is 298 g/mol. The molecule has 2 aromatic rings. The van der Waals surface area contributed by atoms with Crippen molar-refractivity contribution in [1.82, 2.24) is 15.6 Å². The molecule has 4 heteroatoms. The molecule has 0 radical (unpaired) electrons. The lowest BCUT2D eigenvalue weighted by Gasteiger charge is -2.29. The summed E-state index contributed by atoms with van der Waals surface area (Å²) < 4.78 is 5.55. The molecule has 0 bridgehead atoms. The molecule has 0 atom stereocenters. The third-order valence-corrected chi connectivity index (χ3v) is 5.01. The largest absolute Gasteiger partial charge is 0.496 e. The van der Waals surface area contributed by atoms with Crippen LogP contribution in [0.1, 0.15) is 31.2 Å². The van der Waals surface area contributed by atoms with E-state index in [0.29, 0.717) is 12.1 Å². The highest BCUT2D eigenvalue weighted by Gasteiger charge is 2.19. The maximum absolute atomic E-state index is 5.55. The van der Waals surface area contributed by atoms with Gasteiger partial charge in [0, 0.05) is 36.6 Å². The highest BCUT2D eigenvalue weighted by Crippen LogP contribution is 2.27. The molecule has 24 heavy (non-hydrogen) atoms. The average Bonchev–Trinajstić information content (AvgIpc) is 2.67. The predicted molar refractivity (Wildman–Crippen MR) is 98.2 cm³/mol. The van der Waals surface area contributed by atoms with Crippen molar-refractivity contribution >= 4 is 0 Å². The van der Waals surface area contributed by atoms with Crippen LogP contribution in [-0.2, 0) is 6.54 Å². The molecule has 1 saturated carbocycles. The molecule has 0 amide bonds. The fraction of sp³-hybridized carbons (Fsp3) is 0.450. The normalized spacial score (nSPS) is 20.8. The average molecular weight is 325 g/mol. The van der Waals surface area contributed by atoms with Crippen LogP contribution in [0.4, 0.5) is 0 Å². The first-order chi connectivity index (χ1) is 11.8. The highest BCUT2D eigenvalue weighted by molar-refractivity contribution is 5.65. The van der Waals surface area contributed by atoms with Crippen LogP contribution in [0.3, 0.4) is 0 Å². The summed E-state index contributed by atoms with van der Waals surface area (Å²) in [5, 5.41) is 7.11. The van der Waals surface area contributed by atoms with Crippen LogP contribution in [0, 0.1) is 0 Å². The van der Waals surface area contributed by atoms with Gasteiger partial charge in [-0.3, -0.25) is 4.98 Å². The van der Waals surface area contributed by atoms with Gasteiger partial charge in [-0.25, -0.2) is 0 Å². The summed E-state index contributed by atoms with van der Waals surface area (Å²) in [6, 6.07) is 11.8. The van der Waals surface area contributed by atoms with Gasteiger partial charge in [0.05, 0.1) is 7.11 Å². The number of nitrogens with zero attached hydrogens (tertiary/aromatic N) is 1. The number of rotatable bonds is 6. The Hall–Kier alpha value is -1.91. The first-order valence-electron chi connectivity index (χ1n) is 8.78. The molecule has 2 N–H and O–H groups in total. The van der Waals surface area contributed by atoms with Crippen LogP contribution in [0.5, 0.6) is 5.75 Å². The van der Waals surface area contributed by atoms with Gasteiger partial charge in [0.15, 0.2) is 0 Å². The van der Waals surface area contributed by atoms with Gasteiger partial charge in [-0.05, 0) is 68.1 Å². The standard InChI is InChI=1S/C20H27N3O/c1-21-18-4-6-19(7-5-18)23-14-17-13-16(3-8-20(17)24-2)15-9-11-22-12-10-15/h3,8-13,18-19,21,23H,4-7,14H2,1-2H3. The number of aromatic nitrogens is 1. The number of hydrogen-bond donors (Lipinski definition) is 2. The smallest absolute Gasteiger partial charge is 0.123 e. The third-order valence-electron chi connectivity index (χ3n) is 5.01. The molecule has 0 spiro atoms. The highest BCUT2D eigenvalue weighted by atomic mass is 16.5. The maximum Gasteiger partial charge on any atom is 0.123 e. The molecule has 1 fully saturated rings. The Bertz CT molecular complexity index is 637. The summed E-state index contributed by atoms with van der Waals surface area (Å²) in [7, 11) is 3.80. The number of pyridine rings is 1. The SMILES string of the molecule is CNC1CCC(NCc2cc(-c3ccncc3)ccc2OC)CC1. The molecule has 4 nitrogen and oxygen atoms in total. The van der Waals surface area contributed by atoms with E-state index in [4.69, 9.17) is 4.74 Å². The summed E-state index contributed by atoms with van der Waals surface area (Å²) in [4.78, 5) is 4.10. The zero-order valence-electron chi connectivity index (χ0n) is 14.6. The number of nitrogens with one attached hydrogen (secondary N) is 2. The van der Waals surface area contributed by atoms with Gasteiger partial charge >= 0.3 is 0 Å². The van der Waals surface area contributed by atoms with Crippen molar-refractivity contribution in [3.63, 3.8) is 0 Å². The second kappa shape index (κ2) is 8.27. The van der Waals surface area contributed by atoms with Crippen molar-refractivity contribution in [3.05, 3.63) is 48.3 Å². The quantitative estimate of drug-likeness (QED) is 0.855. The van der Waals surface area contributed by atoms with Crippen LogP contribution in [0.2, 0.25) is 0 Å². The third kappa shape index (κ3) is 4.13. The second-order valence-electron chi connectivity index (χ2n) is 6.48. The van der Waals surface area contributed by atoms with Gasteiger partial charge in [0.1, 0.15) is 5.75 Å². The monoisotopic (exact) mass is 325 g/mol. The molecule has 1 heterocycles. The maximum atomic E-state index is 5.55. The number of benzene rings is 1. The van der Waals surface area contributed by atoms with E-state index in [1.54, 1.807) is 7.11 Å². The first kappa shape index (κ1) is 16.9. The molecule has 1 aliphatic carbocycles. The Morgan fingerprint density at radius 1 is 1.00 bits per heavy atom. The Labute approximate surface area is 144 Å². The van der Waals surface area contributed by atoms with E-state index < -0.39 is 0 Å². The zero-order chi connectivity index (χ0) is 16.8. The van der Waals surface area contributed by atoms with Crippen molar-refractivity contribution in [2.45, 2.75) is 44.3 Å². The van der Waals surface area contributed by atoms with Crippen LogP contribution >= 0.6 is 0 Å². The van der Waals surface area contributed by atoms with Gasteiger partial charge in [-0.15, -0.1) is 0 Å². The topological polar surface area (TPSA) is 46.2 Å². The van der Waals surface area contributed by atoms with E-state index in [-0.39, 0.29) is 0 Å². The second-order valence-corrected chi connectivity index (χ2v) is 6.48. The van der Waals surface area contributed by atoms with Crippen molar-refractivity contribution in [2.75, 3.05) is 14.2 Å². The van der Waals surface area contributed by atoms with Gasteiger partial charge < -0.3 is 15.4 Å². The van der Waals surface area contributed by atoms with Gasteiger partial charge in [-0.2, -0.15) is 0 Å². The van der Waals surface area contributed by atoms with Crippen LogP contribution in [0.25, 0.3) is 11.1 Å². The molecule has 3 rings (SSSR count). The molecular formula is C20H27N3O. The van der Waals surface area contributed by atoms with E-state index in [2.05, 4.69) is 40.9 Å². The molecule has 1 aliphatic rings. The van der Waals surface area contributed by atoms with E-state index in [1.165, 1.54) is 42.4 Å². The van der Waals surface area contributed by atoms with Gasteiger partial charge in [-0.1, -0.05) is 6.07 Å². The molecule has 0 unspecified atom stereocenters. The van der Waals surface area contributed by atoms with Gasteiger partial charge in [0.25, 0.3) is 0 Å². The molecule has 0 saturated heterocycles. The fourth-order valence-corrected chi connectivity index (χ4v) is 3.48. The summed E-state index contributed by atoms with van der Waals surface area (Å²) >= 11 is 0. The lowest BCUT2D eigenvalue weighted by Crippen LogP contribution is -2.38. The van der Waals surface area contributed by atoms with Gasteiger partial charge in [0.2, 0.25) is 0 Å². The molecule has 1 aromatic carbocycles. The van der Waals surface area contributed by atoms with Crippen molar-refractivity contribution in [1.29, 1.82) is 0 Å². The molecule has 128 valence electrons. The summed E-state index contributed by atoms with van der Waals surface area (Å²) in [6.07, 6.45) is 8.63. The lowest BCUT2D eigenvalue weighted by molar-refractivity contribution is 0.315. The van der Waals surface area contributed by atoms with E-state index in [9.17, 15) is 0 Å². The minimum atomic E-state index is 0.601. The van der Waals surface area contributed by atoms with Crippen LogP contribution < -0.4 is 15.4 Å². The van der Waals surface area contributed by atoms with E-state index in [1.807, 2.05) is 24.5 Å². The van der Waals surface area contributed by atoms with Crippen LogP contribution in [0.15, 0.2) is 42.7 Å². The summed E-state index contributed by atoms with van der Waals surface area (Å²) in [5.74, 6) is 0.948.